The van der Waals surface area contributed by atoms with Gasteiger partial charge in [0, 0.05) is 65.4 Å². The molecule has 16 nitrogen and oxygen atoms in total. The minimum atomic E-state index is -2.44. The van der Waals surface area contributed by atoms with Gasteiger partial charge in [0.15, 0.2) is 5.78 Å². The normalized spacial score (nSPS) is 37.9. The highest BCUT2D eigenvalue weighted by atomic mass is 16.6. The van der Waals surface area contributed by atoms with E-state index in [2.05, 4.69) is 0 Å². The minimum Gasteiger partial charge on any atom is -0.463 e. The van der Waals surface area contributed by atoms with Crippen molar-refractivity contribution in [1.29, 1.82) is 0 Å². The second-order valence-electron chi connectivity index (χ2n) is 20.8. The first-order chi connectivity index (χ1) is 33.6. The van der Waals surface area contributed by atoms with E-state index < -0.39 is 77.8 Å². The zero-order chi connectivity index (χ0) is 52.6. The van der Waals surface area contributed by atoms with Crippen molar-refractivity contribution in [2.45, 2.75) is 187 Å². The van der Waals surface area contributed by atoms with Crippen molar-refractivity contribution >= 4 is 35.2 Å². The predicted octanol–water partition coefficient (Wildman–Crippen LogP) is 6.77. The number of fused-ring (bicyclic) bond motifs is 3. The molecule has 2 N–H and O–H groups in total. The highest BCUT2D eigenvalue weighted by molar-refractivity contribution is 6.39. The summed E-state index contributed by atoms with van der Waals surface area (Å²) in [6.07, 6.45) is 11.7. The van der Waals surface area contributed by atoms with E-state index in [1.165, 1.54) is 18.9 Å². The molecular formula is C55H85NO15. The number of carbonyl (C=O) groups is 6. The Morgan fingerprint density at radius 3 is 2.27 bits per heavy atom. The Kier molecular flexibility index (Phi) is 24.0. The van der Waals surface area contributed by atoms with Crippen LogP contribution in [0.4, 0.5) is 0 Å². The van der Waals surface area contributed by atoms with Crippen LogP contribution in [-0.4, -0.2) is 146 Å². The van der Waals surface area contributed by atoms with Crippen LogP contribution < -0.4 is 0 Å². The van der Waals surface area contributed by atoms with Gasteiger partial charge in [0.2, 0.25) is 5.79 Å². The molecule has 0 spiro atoms. The number of ether oxygens (including phenoxy) is 7. The molecule has 16 heteroatoms. The van der Waals surface area contributed by atoms with Gasteiger partial charge in [0.05, 0.1) is 31.0 Å². The molecule has 3 fully saturated rings. The number of aliphatic hydroxyl groups excluding tert-OH is 1. The van der Waals surface area contributed by atoms with Crippen molar-refractivity contribution in [2.75, 3.05) is 41.1 Å². The number of piperidine rings is 1. The van der Waals surface area contributed by atoms with E-state index in [-0.39, 0.29) is 80.1 Å². The van der Waals surface area contributed by atoms with Gasteiger partial charge in [-0.25, -0.2) is 4.79 Å². The number of cyclic esters (lactones) is 1. The molecule has 1 saturated carbocycles. The summed E-state index contributed by atoms with van der Waals surface area (Å²) >= 11 is 0. The summed E-state index contributed by atoms with van der Waals surface area (Å²) in [4.78, 5) is 83.6. The van der Waals surface area contributed by atoms with Crippen LogP contribution >= 0.6 is 0 Å². The van der Waals surface area contributed by atoms with Crippen LogP contribution in [0.5, 0.6) is 0 Å². The summed E-state index contributed by atoms with van der Waals surface area (Å²) in [5.74, 6) is -8.48. The second kappa shape index (κ2) is 28.5. The standard InChI is InChI=1S/C55H85NO15/c1-33-17-13-12-14-18-34(2)46(65-9)31-42-22-20-39(7)55(64,71-42)52(61)53(62)56-24-16-15-19-43(56)54(63)70-47(32-44(58)35(3)28-38(6)50(60)51(67-11)49(59)37(5)27-33)36(4)29-41-21-23-45(48(30-41)66-10)69-26-25-68-40(8)57/h12-14,17-18,28,33,35-37,39,41-43,45-48,50-51,60,64H,15-16,19-27,29-32H2,1-11H3/b14-12+,17-13+,34-18+,38-28+/t33-,35-,36-,37-,39-,41-,42+,43+,45-,46+,47+,48-,50-,51+,55-/m1/s1. The topological polar surface area (TPSA) is 211 Å². The number of hydrogen-bond acceptors (Lipinski definition) is 15. The number of rotatable bonds is 10. The van der Waals surface area contributed by atoms with Crippen LogP contribution in [0, 0.1) is 35.5 Å². The van der Waals surface area contributed by atoms with Gasteiger partial charge < -0.3 is 48.3 Å². The number of allylic oxidation sites excluding steroid dienone is 6. The molecule has 0 aromatic heterocycles. The summed E-state index contributed by atoms with van der Waals surface area (Å²) in [7, 11) is 4.57. The highest BCUT2D eigenvalue weighted by Crippen LogP contribution is 2.38. The van der Waals surface area contributed by atoms with Crippen molar-refractivity contribution < 1.29 is 72.1 Å². The van der Waals surface area contributed by atoms with Crippen molar-refractivity contribution in [2.24, 2.45) is 35.5 Å². The summed E-state index contributed by atoms with van der Waals surface area (Å²) in [5, 5.41) is 23.5. The lowest BCUT2D eigenvalue weighted by Gasteiger charge is -2.42. The number of nitrogens with zero attached hydrogens (tertiary/aromatic N) is 1. The number of hydrogen-bond donors (Lipinski definition) is 2. The van der Waals surface area contributed by atoms with Crippen molar-refractivity contribution in [3.8, 4) is 0 Å². The third kappa shape index (κ3) is 16.8. The number of Topliss-reactive ketones (excluding diaryl/α,β-unsaturated/α-hetero) is 3. The lowest BCUT2D eigenvalue weighted by Crippen LogP contribution is -2.61. The Morgan fingerprint density at radius 1 is 0.859 bits per heavy atom. The van der Waals surface area contributed by atoms with Gasteiger partial charge in [0.1, 0.15) is 36.7 Å². The Bertz CT molecular complexity index is 1930. The van der Waals surface area contributed by atoms with E-state index in [0.717, 1.165) is 12.0 Å². The fourth-order valence-electron chi connectivity index (χ4n) is 10.7. The molecule has 2 bridgehead atoms. The molecule has 400 valence electrons. The lowest BCUT2D eigenvalue weighted by atomic mass is 9.78. The highest BCUT2D eigenvalue weighted by Gasteiger charge is 2.53. The molecular weight excluding hydrogens is 915 g/mol. The van der Waals surface area contributed by atoms with Crippen LogP contribution in [0.3, 0.4) is 0 Å². The molecule has 1 amide bonds. The average Bonchev–Trinajstić information content (AvgIpc) is 3.34. The molecule has 0 unspecified atom stereocenters. The first-order valence-electron chi connectivity index (χ1n) is 25.9. The number of amides is 1. The smallest absolute Gasteiger partial charge is 0.329 e. The maximum absolute atomic E-state index is 14.5. The largest absolute Gasteiger partial charge is 0.463 e. The van der Waals surface area contributed by atoms with E-state index in [9.17, 15) is 39.0 Å². The third-order valence-corrected chi connectivity index (χ3v) is 15.2. The van der Waals surface area contributed by atoms with Gasteiger partial charge in [-0.05, 0) is 107 Å². The fraction of sp³-hybridized carbons (Fsp3) is 0.745. The second-order valence-corrected chi connectivity index (χ2v) is 20.8. The van der Waals surface area contributed by atoms with Gasteiger partial charge in [0.25, 0.3) is 11.7 Å². The summed E-state index contributed by atoms with van der Waals surface area (Å²) in [6, 6.07) is -1.16. The molecule has 4 rings (SSSR count). The molecule has 3 heterocycles. The third-order valence-electron chi connectivity index (χ3n) is 15.2. The van der Waals surface area contributed by atoms with Crippen LogP contribution in [0.1, 0.15) is 132 Å². The zero-order valence-corrected chi connectivity index (χ0v) is 44.3. The average molecular weight is 1000 g/mol. The quantitative estimate of drug-likeness (QED) is 0.100. The Balaban J connectivity index is 1.68. The van der Waals surface area contributed by atoms with Gasteiger partial charge in [-0.3, -0.25) is 24.0 Å². The van der Waals surface area contributed by atoms with Gasteiger partial charge in [-0.2, -0.15) is 0 Å². The van der Waals surface area contributed by atoms with Crippen LogP contribution in [0.25, 0.3) is 0 Å². The summed E-state index contributed by atoms with van der Waals surface area (Å²) < 4.78 is 40.9. The van der Waals surface area contributed by atoms with Gasteiger partial charge >= 0.3 is 11.9 Å². The van der Waals surface area contributed by atoms with Gasteiger partial charge in [-0.15, -0.1) is 0 Å². The first kappa shape index (κ1) is 59.7. The summed E-state index contributed by atoms with van der Waals surface area (Å²) in [5.41, 5.74) is 1.25. The van der Waals surface area contributed by atoms with E-state index >= 15 is 0 Å². The maximum atomic E-state index is 14.5. The van der Waals surface area contributed by atoms with Crippen molar-refractivity contribution in [1.82, 2.24) is 4.90 Å². The van der Waals surface area contributed by atoms with Crippen molar-refractivity contribution in [3.05, 3.63) is 47.6 Å². The Morgan fingerprint density at radius 2 is 1.59 bits per heavy atom. The van der Waals surface area contributed by atoms with Crippen molar-refractivity contribution in [3.63, 3.8) is 0 Å². The van der Waals surface area contributed by atoms with E-state index in [4.69, 9.17) is 33.2 Å². The molecule has 2 saturated heterocycles. The predicted molar refractivity (Wildman–Crippen MR) is 266 cm³/mol. The number of esters is 2. The maximum Gasteiger partial charge on any atom is 0.329 e. The molecule has 3 aliphatic heterocycles. The van der Waals surface area contributed by atoms with E-state index in [0.29, 0.717) is 63.4 Å². The number of ketones is 3. The van der Waals surface area contributed by atoms with Gasteiger partial charge in [-0.1, -0.05) is 71.1 Å². The molecule has 0 aromatic carbocycles. The number of methoxy groups -OCH3 is 3. The Labute approximate surface area is 422 Å². The monoisotopic (exact) mass is 1000 g/mol. The summed E-state index contributed by atoms with van der Waals surface area (Å²) in [6.45, 7) is 14.4. The number of aliphatic hydroxyl groups is 2. The fourth-order valence-corrected chi connectivity index (χ4v) is 10.7. The SMILES string of the molecule is CO[C@H]1C[C@@H]2CC[C@@H](C)[C@@](O)(O2)C(=O)C(=O)N2CCCC[C@H]2C(=O)O[C@H]([C@H](C)C[C@H]2CC[C@@H](OCCOC(C)=O)[C@H](OC)C2)CC(=O)[C@H](C)/C=C(\C)[C@@H](O)[C@@H](OC)C(=O)[C@H](C)C[C@H](C)/C=C/C=C/C=C/1C. The Hall–Kier alpha value is -3.90. The zero-order valence-electron chi connectivity index (χ0n) is 44.3. The van der Waals surface area contributed by atoms with Crippen LogP contribution in [0.2, 0.25) is 0 Å². The lowest BCUT2D eigenvalue weighted by molar-refractivity contribution is -0.265. The minimum absolute atomic E-state index is 0.00934. The molecule has 4 aliphatic rings. The molecule has 15 atom stereocenters. The molecule has 1 aliphatic carbocycles. The molecule has 71 heavy (non-hydrogen) atoms. The number of carbonyl (C=O) groups excluding carboxylic acids is 6. The van der Waals surface area contributed by atoms with E-state index in [1.54, 1.807) is 41.1 Å². The molecule has 0 radical (unpaired) electrons. The molecule has 0 aromatic rings. The van der Waals surface area contributed by atoms with Crippen LogP contribution in [0.15, 0.2) is 47.6 Å². The van der Waals surface area contributed by atoms with E-state index in [1.807, 2.05) is 58.1 Å². The first-order valence-corrected chi connectivity index (χ1v) is 25.9. The van der Waals surface area contributed by atoms with Crippen LogP contribution in [-0.2, 0) is 61.9 Å².